The molecule has 0 fully saturated rings. The fraction of sp³-hybridized carbons (Fsp3) is 0.615. The average molecular weight is 308 g/mol. The van der Waals surface area contributed by atoms with Crippen molar-refractivity contribution in [3.63, 3.8) is 0 Å². The smallest absolute Gasteiger partial charge is 0.441 e. The molecule has 1 N–H and O–H groups in total. The monoisotopic (exact) mass is 308 g/mol. The maximum atomic E-state index is 12.0. The Bertz CT molecular complexity index is 425. The number of rotatable bonds is 7. The van der Waals surface area contributed by atoms with Crippen molar-refractivity contribution in [3.8, 4) is 5.75 Å². The van der Waals surface area contributed by atoms with Crippen LogP contribution in [-0.4, -0.2) is 28.9 Å². The van der Waals surface area contributed by atoms with Crippen LogP contribution in [0, 0.1) is 6.92 Å². The molecule has 0 atom stereocenters. The first-order valence-corrected chi connectivity index (χ1v) is 7.30. The molecule has 0 aliphatic carbocycles. The first-order valence-electron chi connectivity index (χ1n) is 6.31. The van der Waals surface area contributed by atoms with Gasteiger partial charge < -0.3 is 10.1 Å². The van der Waals surface area contributed by atoms with Crippen molar-refractivity contribution in [1.82, 2.24) is 10.3 Å². The third kappa shape index (κ3) is 7.00. The highest BCUT2D eigenvalue weighted by atomic mass is 32.2. The van der Waals surface area contributed by atoms with Crippen molar-refractivity contribution in [2.24, 2.45) is 0 Å². The van der Waals surface area contributed by atoms with E-state index in [1.54, 1.807) is 12.1 Å². The summed E-state index contributed by atoms with van der Waals surface area (Å²) in [7, 11) is 0. The summed E-state index contributed by atoms with van der Waals surface area (Å²) in [4.78, 5) is 4.36. The molecule has 0 bridgehead atoms. The van der Waals surface area contributed by atoms with Crippen molar-refractivity contribution < 1.29 is 17.9 Å². The number of aromatic nitrogens is 1. The number of nitrogens with one attached hydrogen (secondary N) is 1. The summed E-state index contributed by atoms with van der Waals surface area (Å²) in [6.45, 7) is 6.42. The maximum Gasteiger partial charge on any atom is 0.441 e. The van der Waals surface area contributed by atoms with Gasteiger partial charge in [-0.2, -0.15) is 13.2 Å². The summed E-state index contributed by atoms with van der Waals surface area (Å²) in [5.74, 6) is 0.403. The number of pyridine rings is 1. The standard InChI is InChI=1S/C13H19F3N2OS/c1-9(2)17-8-11-12(5-4-10(3)18-11)19-6-7-20-13(14,15)16/h4-5,9,17H,6-8H2,1-3H3. The first kappa shape index (κ1) is 17.1. The summed E-state index contributed by atoms with van der Waals surface area (Å²) in [5, 5.41) is 3.22. The number of alkyl halides is 3. The molecular weight excluding hydrogens is 289 g/mol. The molecule has 0 radical (unpaired) electrons. The summed E-state index contributed by atoms with van der Waals surface area (Å²) < 4.78 is 41.4. The number of ether oxygens (including phenoxy) is 1. The number of hydrogen-bond acceptors (Lipinski definition) is 4. The molecule has 20 heavy (non-hydrogen) atoms. The lowest BCUT2D eigenvalue weighted by Gasteiger charge is -2.14. The Morgan fingerprint density at radius 3 is 2.65 bits per heavy atom. The summed E-state index contributed by atoms with van der Waals surface area (Å²) in [6.07, 6.45) is 0. The van der Waals surface area contributed by atoms with Crippen molar-refractivity contribution in [1.29, 1.82) is 0 Å². The zero-order valence-electron chi connectivity index (χ0n) is 11.8. The topological polar surface area (TPSA) is 34.1 Å². The molecule has 0 spiro atoms. The fourth-order valence-electron chi connectivity index (χ4n) is 1.47. The molecule has 0 aliphatic rings. The van der Waals surface area contributed by atoms with Gasteiger partial charge in [0.2, 0.25) is 0 Å². The molecule has 1 aromatic heterocycles. The van der Waals surface area contributed by atoms with Gasteiger partial charge in [0.1, 0.15) is 5.75 Å². The Hall–Kier alpha value is -0.950. The predicted octanol–water partition coefficient (Wildman–Crippen LogP) is 3.52. The summed E-state index contributed by atoms with van der Waals surface area (Å²) in [6, 6.07) is 3.83. The Morgan fingerprint density at radius 2 is 2.05 bits per heavy atom. The minimum Gasteiger partial charge on any atom is -0.491 e. The molecule has 7 heteroatoms. The second kappa shape index (κ2) is 7.73. The third-order valence-corrected chi connectivity index (χ3v) is 3.05. The van der Waals surface area contributed by atoms with Gasteiger partial charge in [0.15, 0.2) is 0 Å². The van der Waals surface area contributed by atoms with E-state index >= 15 is 0 Å². The van der Waals surface area contributed by atoms with Crippen molar-refractivity contribution >= 4 is 11.8 Å². The van der Waals surface area contributed by atoms with Gasteiger partial charge in [0.05, 0.1) is 12.3 Å². The number of thioether (sulfide) groups is 1. The van der Waals surface area contributed by atoms with E-state index in [2.05, 4.69) is 10.3 Å². The van der Waals surface area contributed by atoms with Gasteiger partial charge in [-0.15, -0.1) is 0 Å². The van der Waals surface area contributed by atoms with Crippen LogP contribution in [-0.2, 0) is 6.54 Å². The Morgan fingerprint density at radius 1 is 1.35 bits per heavy atom. The van der Waals surface area contributed by atoms with Crippen molar-refractivity contribution in [3.05, 3.63) is 23.5 Å². The van der Waals surface area contributed by atoms with Gasteiger partial charge in [-0.3, -0.25) is 4.98 Å². The Balaban J connectivity index is 2.55. The lowest BCUT2D eigenvalue weighted by molar-refractivity contribution is -0.0329. The van der Waals surface area contributed by atoms with Gasteiger partial charge in [0.25, 0.3) is 0 Å². The van der Waals surface area contributed by atoms with Crippen LogP contribution in [0.25, 0.3) is 0 Å². The van der Waals surface area contributed by atoms with E-state index in [1.807, 2.05) is 20.8 Å². The van der Waals surface area contributed by atoms with E-state index < -0.39 is 5.51 Å². The lowest BCUT2D eigenvalue weighted by Crippen LogP contribution is -2.23. The molecule has 0 aliphatic heterocycles. The van der Waals surface area contributed by atoms with Crippen LogP contribution >= 0.6 is 11.8 Å². The lowest BCUT2D eigenvalue weighted by atomic mass is 10.2. The largest absolute Gasteiger partial charge is 0.491 e. The second-order valence-corrected chi connectivity index (χ2v) is 5.74. The van der Waals surface area contributed by atoms with Crippen LogP contribution in [0.5, 0.6) is 5.75 Å². The Kier molecular flexibility index (Phi) is 6.61. The van der Waals surface area contributed by atoms with Crippen LogP contribution in [0.15, 0.2) is 12.1 Å². The summed E-state index contributed by atoms with van der Waals surface area (Å²) in [5.41, 5.74) is -2.64. The normalized spacial score (nSPS) is 11.9. The van der Waals surface area contributed by atoms with Crippen LogP contribution < -0.4 is 10.1 Å². The van der Waals surface area contributed by atoms with Crippen molar-refractivity contribution in [2.75, 3.05) is 12.4 Å². The minimum absolute atomic E-state index is 0.00357. The van der Waals surface area contributed by atoms with Crippen LogP contribution in [0.2, 0.25) is 0 Å². The number of nitrogens with zero attached hydrogens (tertiary/aromatic N) is 1. The van der Waals surface area contributed by atoms with E-state index in [9.17, 15) is 13.2 Å². The van der Waals surface area contributed by atoms with E-state index in [4.69, 9.17) is 4.74 Å². The number of halogens is 3. The zero-order chi connectivity index (χ0) is 15.2. The first-order chi connectivity index (χ1) is 9.28. The minimum atomic E-state index is -4.21. The predicted molar refractivity (Wildman–Crippen MR) is 75.0 cm³/mol. The number of hydrogen-bond donors (Lipinski definition) is 1. The number of aryl methyl sites for hydroxylation is 1. The molecule has 0 saturated heterocycles. The van der Waals surface area contributed by atoms with E-state index in [0.717, 1.165) is 11.4 Å². The molecule has 1 heterocycles. The van der Waals surface area contributed by atoms with Crippen LogP contribution in [0.1, 0.15) is 25.2 Å². The highest BCUT2D eigenvalue weighted by Crippen LogP contribution is 2.30. The molecule has 0 aromatic carbocycles. The molecule has 1 aromatic rings. The molecule has 3 nitrogen and oxygen atoms in total. The highest BCUT2D eigenvalue weighted by Gasteiger charge is 2.27. The molecule has 114 valence electrons. The SMILES string of the molecule is Cc1ccc(OCCSC(F)(F)F)c(CNC(C)C)n1. The van der Waals surface area contributed by atoms with Crippen LogP contribution in [0.3, 0.4) is 0 Å². The van der Waals surface area contributed by atoms with Gasteiger partial charge in [-0.05, 0) is 30.8 Å². The maximum absolute atomic E-state index is 12.0. The van der Waals surface area contributed by atoms with Gasteiger partial charge in [-0.1, -0.05) is 13.8 Å². The van der Waals surface area contributed by atoms with E-state index in [1.165, 1.54) is 0 Å². The van der Waals surface area contributed by atoms with Crippen LogP contribution in [0.4, 0.5) is 13.2 Å². The fourth-order valence-corrected chi connectivity index (χ4v) is 1.86. The van der Waals surface area contributed by atoms with Crippen molar-refractivity contribution in [2.45, 2.75) is 38.9 Å². The second-order valence-electron chi connectivity index (χ2n) is 4.58. The zero-order valence-corrected chi connectivity index (χ0v) is 12.6. The highest BCUT2D eigenvalue weighted by molar-refractivity contribution is 8.00. The molecule has 0 saturated carbocycles. The Labute approximate surface area is 121 Å². The quantitative estimate of drug-likeness (QED) is 0.782. The third-order valence-electron chi connectivity index (χ3n) is 2.36. The average Bonchev–Trinajstić information content (AvgIpc) is 2.32. The molecule has 0 amide bonds. The van der Waals surface area contributed by atoms with E-state index in [0.29, 0.717) is 18.3 Å². The summed E-state index contributed by atoms with van der Waals surface area (Å²) >= 11 is -0.0810. The van der Waals surface area contributed by atoms with Gasteiger partial charge in [0, 0.05) is 24.0 Å². The van der Waals surface area contributed by atoms with Gasteiger partial charge in [-0.25, -0.2) is 0 Å². The molecule has 1 rings (SSSR count). The van der Waals surface area contributed by atoms with E-state index in [-0.39, 0.29) is 24.1 Å². The molecule has 0 unspecified atom stereocenters. The van der Waals surface area contributed by atoms with Gasteiger partial charge >= 0.3 is 5.51 Å². The molecular formula is C13H19F3N2OS.